The van der Waals surface area contributed by atoms with Gasteiger partial charge in [-0.1, -0.05) is 37.3 Å². The van der Waals surface area contributed by atoms with E-state index in [9.17, 15) is 4.79 Å². The van der Waals surface area contributed by atoms with E-state index < -0.39 is 0 Å². The second-order valence-corrected chi connectivity index (χ2v) is 4.57. The minimum atomic E-state index is -0.0169. The van der Waals surface area contributed by atoms with E-state index in [1.807, 2.05) is 30.3 Å². The molecule has 1 fully saturated rings. The number of hydrogen-bond acceptors (Lipinski definition) is 2. The van der Waals surface area contributed by atoms with E-state index in [4.69, 9.17) is 0 Å². The fraction of sp³-hybridized carbons (Fsp3) is 0.500. The smallest absolute Gasteiger partial charge is 0.227 e. The van der Waals surface area contributed by atoms with Gasteiger partial charge in [-0.15, -0.1) is 12.4 Å². The third kappa shape index (κ3) is 3.72. The highest BCUT2D eigenvalue weighted by atomic mass is 35.5. The molecule has 0 spiro atoms. The van der Waals surface area contributed by atoms with Gasteiger partial charge >= 0.3 is 0 Å². The Morgan fingerprint density at radius 1 is 1.44 bits per heavy atom. The van der Waals surface area contributed by atoms with Crippen LogP contribution in [0.5, 0.6) is 0 Å². The molecule has 1 aliphatic heterocycles. The summed E-state index contributed by atoms with van der Waals surface area (Å²) in [6.45, 7) is 3.97. The summed E-state index contributed by atoms with van der Waals surface area (Å²) in [4.78, 5) is 12.2. The molecule has 0 radical (unpaired) electrons. The van der Waals surface area contributed by atoms with E-state index >= 15 is 0 Å². The van der Waals surface area contributed by atoms with Crippen LogP contribution in [0, 0.1) is 0 Å². The van der Waals surface area contributed by atoms with E-state index in [0.717, 1.165) is 31.5 Å². The number of amides is 1. The molecular formula is C14H21ClN2O. The van der Waals surface area contributed by atoms with Crippen LogP contribution in [0.2, 0.25) is 0 Å². The third-order valence-electron chi connectivity index (χ3n) is 3.33. The lowest BCUT2D eigenvalue weighted by molar-refractivity contribution is -0.123. The second-order valence-electron chi connectivity index (χ2n) is 4.57. The van der Waals surface area contributed by atoms with Crippen LogP contribution in [0.15, 0.2) is 30.3 Å². The summed E-state index contributed by atoms with van der Waals surface area (Å²) < 4.78 is 0. The van der Waals surface area contributed by atoms with Crippen LogP contribution >= 0.6 is 12.4 Å². The number of rotatable bonds is 4. The number of carbonyl (C=O) groups is 1. The molecule has 1 aliphatic rings. The maximum absolute atomic E-state index is 12.2. The molecule has 2 rings (SSSR count). The fourth-order valence-electron chi connectivity index (χ4n) is 2.34. The molecule has 18 heavy (non-hydrogen) atoms. The average molecular weight is 269 g/mol. The Hall–Kier alpha value is -1.06. The molecule has 0 saturated carbocycles. The molecule has 3 nitrogen and oxygen atoms in total. The fourth-order valence-corrected chi connectivity index (χ4v) is 2.34. The van der Waals surface area contributed by atoms with Crippen LogP contribution in [0.1, 0.15) is 31.2 Å². The lowest BCUT2D eigenvalue weighted by atomic mass is 9.95. The number of nitrogens with one attached hydrogen (secondary N) is 2. The third-order valence-corrected chi connectivity index (χ3v) is 3.33. The van der Waals surface area contributed by atoms with Crippen LogP contribution in [-0.2, 0) is 4.79 Å². The Morgan fingerprint density at radius 2 is 2.17 bits per heavy atom. The zero-order valence-electron chi connectivity index (χ0n) is 10.7. The largest absolute Gasteiger partial charge is 0.352 e. The molecule has 2 atom stereocenters. The van der Waals surface area contributed by atoms with Crippen LogP contribution < -0.4 is 10.6 Å². The molecule has 1 heterocycles. The molecule has 2 N–H and O–H groups in total. The van der Waals surface area contributed by atoms with E-state index in [2.05, 4.69) is 17.6 Å². The summed E-state index contributed by atoms with van der Waals surface area (Å²) in [5.41, 5.74) is 1.11. The van der Waals surface area contributed by atoms with Crippen molar-refractivity contribution in [2.24, 2.45) is 0 Å². The summed E-state index contributed by atoms with van der Waals surface area (Å²) in [5, 5.41) is 6.39. The first-order valence-electron chi connectivity index (χ1n) is 6.37. The van der Waals surface area contributed by atoms with Gasteiger partial charge in [0.2, 0.25) is 5.91 Å². The van der Waals surface area contributed by atoms with Crippen molar-refractivity contribution in [3.8, 4) is 0 Å². The van der Waals surface area contributed by atoms with Gasteiger partial charge in [-0.2, -0.15) is 0 Å². The molecule has 0 aromatic heterocycles. The normalized spacial score (nSPS) is 19.9. The average Bonchev–Trinajstić information content (AvgIpc) is 2.84. The molecule has 1 aromatic carbocycles. The van der Waals surface area contributed by atoms with Crippen LogP contribution in [-0.4, -0.2) is 25.0 Å². The number of halogens is 1. The number of carbonyl (C=O) groups excluding carboxylic acids is 1. The molecule has 100 valence electrons. The van der Waals surface area contributed by atoms with Crippen molar-refractivity contribution in [3.63, 3.8) is 0 Å². The Bertz CT molecular complexity index is 363. The maximum Gasteiger partial charge on any atom is 0.227 e. The monoisotopic (exact) mass is 268 g/mol. The van der Waals surface area contributed by atoms with Crippen molar-refractivity contribution >= 4 is 18.3 Å². The van der Waals surface area contributed by atoms with E-state index in [0.29, 0.717) is 6.04 Å². The molecule has 2 unspecified atom stereocenters. The molecule has 0 aliphatic carbocycles. The van der Waals surface area contributed by atoms with Crippen LogP contribution in [0.25, 0.3) is 0 Å². The van der Waals surface area contributed by atoms with Gasteiger partial charge < -0.3 is 10.6 Å². The van der Waals surface area contributed by atoms with Crippen molar-refractivity contribution in [2.75, 3.05) is 13.1 Å². The molecule has 1 amide bonds. The summed E-state index contributed by atoms with van der Waals surface area (Å²) in [6, 6.07) is 10.3. The van der Waals surface area contributed by atoms with Crippen molar-refractivity contribution in [1.82, 2.24) is 10.6 Å². The van der Waals surface area contributed by atoms with Gasteiger partial charge in [0.15, 0.2) is 0 Å². The highest BCUT2D eigenvalue weighted by Crippen LogP contribution is 2.19. The van der Waals surface area contributed by atoms with E-state index in [-0.39, 0.29) is 24.2 Å². The van der Waals surface area contributed by atoms with Crippen LogP contribution in [0.3, 0.4) is 0 Å². The lowest BCUT2D eigenvalue weighted by Crippen LogP contribution is -2.39. The van der Waals surface area contributed by atoms with Gasteiger partial charge in [0, 0.05) is 12.6 Å². The minimum absolute atomic E-state index is 0. The standard InChI is InChI=1S/C14H20N2O.ClH/c1-2-13(11-6-4-3-5-7-11)14(17)16-12-8-9-15-10-12;/h3-7,12-13,15H,2,8-10H2,1H3,(H,16,17);1H. The lowest BCUT2D eigenvalue weighted by Gasteiger charge is -2.18. The SMILES string of the molecule is CCC(C(=O)NC1CCNC1)c1ccccc1.Cl. The predicted octanol–water partition coefficient (Wildman–Crippen LogP) is 2.08. The zero-order valence-corrected chi connectivity index (χ0v) is 11.5. The Morgan fingerprint density at radius 3 is 2.72 bits per heavy atom. The predicted molar refractivity (Wildman–Crippen MR) is 76.1 cm³/mol. The first-order chi connectivity index (χ1) is 8.31. The second kappa shape index (κ2) is 7.39. The van der Waals surface area contributed by atoms with Gasteiger partial charge in [-0.25, -0.2) is 0 Å². The summed E-state index contributed by atoms with van der Waals surface area (Å²) in [5.74, 6) is 0.143. The van der Waals surface area contributed by atoms with Crippen molar-refractivity contribution in [2.45, 2.75) is 31.7 Å². The van der Waals surface area contributed by atoms with Gasteiger partial charge in [0.1, 0.15) is 0 Å². The Kier molecular flexibility index (Phi) is 6.16. The molecule has 4 heteroatoms. The van der Waals surface area contributed by atoms with E-state index in [1.165, 1.54) is 0 Å². The summed E-state index contributed by atoms with van der Waals surface area (Å²) in [7, 11) is 0. The summed E-state index contributed by atoms with van der Waals surface area (Å²) >= 11 is 0. The molecular weight excluding hydrogens is 248 g/mol. The topological polar surface area (TPSA) is 41.1 Å². The zero-order chi connectivity index (χ0) is 12.1. The van der Waals surface area contributed by atoms with Crippen molar-refractivity contribution < 1.29 is 4.79 Å². The van der Waals surface area contributed by atoms with Gasteiger partial charge in [0.05, 0.1) is 5.92 Å². The first kappa shape index (κ1) is 15.0. The van der Waals surface area contributed by atoms with Crippen molar-refractivity contribution in [1.29, 1.82) is 0 Å². The Balaban J connectivity index is 0.00000162. The highest BCUT2D eigenvalue weighted by Gasteiger charge is 2.22. The van der Waals surface area contributed by atoms with Gasteiger partial charge in [0.25, 0.3) is 0 Å². The van der Waals surface area contributed by atoms with Gasteiger partial charge in [-0.3, -0.25) is 4.79 Å². The van der Waals surface area contributed by atoms with E-state index in [1.54, 1.807) is 0 Å². The van der Waals surface area contributed by atoms with Gasteiger partial charge in [-0.05, 0) is 24.9 Å². The highest BCUT2D eigenvalue weighted by molar-refractivity contribution is 5.85. The number of hydrogen-bond donors (Lipinski definition) is 2. The molecule has 0 bridgehead atoms. The first-order valence-corrected chi connectivity index (χ1v) is 6.37. The van der Waals surface area contributed by atoms with Crippen LogP contribution in [0.4, 0.5) is 0 Å². The quantitative estimate of drug-likeness (QED) is 0.878. The Labute approximate surface area is 115 Å². The maximum atomic E-state index is 12.2. The van der Waals surface area contributed by atoms with Crippen molar-refractivity contribution in [3.05, 3.63) is 35.9 Å². The molecule has 1 aromatic rings. The molecule has 1 saturated heterocycles. The number of benzene rings is 1. The summed E-state index contributed by atoms with van der Waals surface area (Å²) in [6.07, 6.45) is 1.88. The minimum Gasteiger partial charge on any atom is -0.352 e.